The quantitative estimate of drug-likeness (QED) is 0.869. The number of fused-ring (bicyclic) bond motifs is 1. The molecule has 0 aliphatic carbocycles. The lowest BCUT2D eigenvalue weighted by Crippen LogP contribution is -2.28. The second-order valence-corrected chi connectivity index (χ2v) is 6.05. The summed E-state index contributed by atoms with van der Waals surface area (Å²) in [5, 5.41) is 5.24. The molecule has 0 saturated carbocycles. The van der Waals surface area contributed by atoms with E-state index in [2.05, 4.69) is 18.3 Å². The first-order valence-corrected chi connectivity index (χ1v) is 8.18. The molecular formula is C17H22ClNO2. The molecule has 21 heavy (non-hydrogen) atoms. The van der Waals surface area contributed by atoms with Crippen molar-refractivity contribution in [3.63, 3.8) is 0 Å². The molecule has 1 fully saturated rings. The molecule has 3 rings (SSSR count). The molecule has 3 nitrogen and oxygen atoms in total. The molecule has 2 heterocycles. The number of benzene rings is 1. The highest BCUT2D eigenvalue weighted by Gasteiger charge is 2.23. The van der Waals surface area contributed by atoms with Crippen LogP contribution in [0.1, 0.15) is 44.4 Å². The van der Waals surface area contributed by atoms with Gasteiger partial charge in [0.25, 0.3) is 0 Å². The second kappa shape index (κ2) is 6.82. The fraction of sp³-hybridized carbons (Fsp3) is 0.529. The first kappa shape index (κ1) is 14.9. The highest BCUT2D eigenvalue weighted by atomic mass is 35.5. The number of hydrogen-bond donors (Lipinski definition) is 1. The minimum Gasteiger partial charge on any atom is -0.458 e. The Hall–Kier alpha value is -1.03. The van der Waals surface area contributed by atoms with Gasteiger partial charge in [0.05, 0.1) is 17.2 Å². The Morgan fingerprint density at radius 1 is 1.38 bits per heavy atom. The monoisotopic (exact) mass is 307 g/mol. The molecule has 1 aromatic carbocycles. The first-order chi connectivity index (χ1) is 10.3. The number of hydrogen-bond acceptors (Lipinski definition) is 3. The lowest BCUT2D eigenvalue weighted by Gasteiger charge is -2.26. The summed E-state index contributed by atoms with van der Waals surface area (Å²) in [7, 11) is 0. The van der Waals surface area contributed by atoms with Crippen LogP contribution in [0.3, 0.4) is 0 Å². The van der Waals surface area contributed by atoms with Crippen LogP contribution in [0.4, 0.5) is 0 Å². The van der Waals surface area contributed by atoms with Crippen molar-refractivity contribution in [2.24, 2.45) is 0 Å². The second-order valence-electron chi connectivity index (χ2n) is 5.64. The predicted molar refractivity (Wildman–Crippen MR) is 85.8 cm³/mol. The van der Waals surface area contributed by atoms with Crippen LogP contribution in [0.5, 0.6) is 0 Å². The molecule has 1 saturated heterocycles. The van der Waals surface area contributed by atoms with Gasteiger partial charge < -0.3 is 14.5 Å². The molecule has 2 atom stereocenters. The molecule has 1 aliphatic rings. The largest absolute Gasteiger partial charge is 0.458 e. The van der Waals surface area contributed by atoms with Crippen LogP contribution < -0.4 is 5.32 Å². The van der Waals surface area contributed by atoms with Gasteiger partial charge in [-0.25, -0.2) is 0 Å². The van der Waals surface area contributed by atoms with E-state index in [9.17, 15) is 0 Å². The zero-order chi connectivity index (χ0) is 14.7. The van der Waals surface area contributed by atoms with Crippen molar-refractivity contribution < 1.29 is 9.15 Å². The number of rotatable bonds is 5. The van der Waals surface area contributed by atoms with Crippen molar-refractivity contribution in [1.29, 1.82) is 0 Å². The topological polar surface area (TPSA) is 34.4 Å². The van der Waals surface area contributed by atoms with Crippen molar-refractivity contribution >= 4 is 22.6 Å². The van der Waals surface area contributed by atoms with Crippen molar-refractivity contribution in [3.05, 3.63) is 35.0 Å². The maximum Gasteiger partial charge on any atom is 0.152 e. The SMILES string of the molecule is CCNC(CC1CCCCO1)c1cc2cccc(Cl)c2o1. The molecule has 0 bridgehead atoms. The van der Waals surface area contributed by atoms with Gasteiger partial charge in [0.15, 0.2) is 5.58 Å². The molecule has 2 unspecified atom stereocenters. The van der Waals surface area contributed by atoms with Crippen LogP contribution in [-0.2, 0) is 4.74 Å². The molecule has 114 valence electrons. The molecule has 2 aromatic rings. The molecule has 1 aromatic heterocycles. The number of ether oxygens (including phenoxy) is 1. The zero-order valence-electron chi connectivity index (χ0n) is 12.4. The van der Waals surface area contributed by atoms with Crippen LogP contribution in [-0.4, -0.2) is 19.3 Å². The van der Waals surface area contributed by atoms with Gasteiger partial charge in [-0.05, 0) is 44.4 Å². The lowest BCUT2D eigenvalue weighted by atomic mass is 10.00. The van der Waals surface area contributed by atoms with E-state index in [0.717, 1.165) is 42.7 Å². The summed E-state index contributed by atoms with van der Waals surface area (Å²) in [4.78, 5) is 0. The molecular weight excluding hydrogens is 286 g/mol. The van der Waals surface area contributed by atoms with Crippen LogP contribution in [0, 0.1) is 0 Å². The Kier molecular flexibility index (Phi) is 4.84. The third-order valence-corrected chi connectivity index (χ3v) is 4.38. The average Bonchev–Trinajstić information content (AvgIpc) is 2.93. The summed E-state index contributed by atoms with van der Waals surface area (Å²) in [6.07, 6.45) is 4.86. The molecule has 1 aliphatic heterocycles. The van der Waals surface area contributed by atoms with Gasteiger partial charge in [-0.15, -0.1) is 0 Å². The van der Waals surface area contributed by atoms with Gasteiger partial charge >= 0.3 is 0 Å². The third-order valence-electron chi connectivity index (χ3n) is 4.08. The Morgan fingerprint density at radius 3 is 3.00 bits per heavy atom. The van der Waals surface area contributed by atoms with Gasteiger partial charge in [-0.3, -0.25) is 0 Å². The summed E-state index contributed by atoms with van der Waals surface area (Å²) >= 11 is 6.21. The van der Waals surface area contributed by atoms with Crippen LogP contribution in [0.2, 0.25) is 5.02 Å². The van der Waals surface area contributed by atoms with E-state index in [1.165, 1.54) is 12.8 Å². The fourth-order valence-electron chi connectivity index (χ4n) is 3.02. The molecule has 0 amide bonds. The van der Waals surface area contributed by atoms with E-state index in [0.29, 0.717) is 11.1 Å². The van der Waals surface area contributed by atoms with E-state index >= 15 is 0 Å². The summed E-state index contributed by atoms with van der Waals surface area (Å²) in [5.74, 6) is 0.953. The average molecular weight is 308 g/mol. The smallest absolute Gasteiger partial charge is 0.152 e. The molecule has 4 heteroatoms. The minimum atomic E-state index is 0.182. The van der Waals surface area contributed by atoms with Crippen LogP contribution in [0.25, 0.3) is 11.0 Å². The predicted octanol–water partition coefficient (Wildman–Crippen LogP) is 4.70. The van der Waals surface area contributed by atoms with Crippen molar-refractivity contribution in [1.82, 2.24) is 5.32 Å². The van der Waals surface area contributed by atoms with Gasteiger partial charge in [0.1, 0.15) is 5.76 Å². The van der Waals surface area contributed by atoms with E-state index in [1.54, 1.807) is 0 Å². The molecule has 1 N–H and O–H groups in total. The Balaban J connectivity index is 1.82. The summed E-state index contributed by atoms with van der Waals surface area (Å²) in [5.41, 5.74) is 0.779. The number of nitrogens with one attached hydrogen (secondary N) is 1. The Morgan fingerprint density at radius 2 is 2.29 bits per heavy atom. The van der Waals surface area contributed by atoms with E-state index in [4.69, 9.17) is 20.8 Å². The third kappa shape index (κ3) is 3.42. The van der Waals surface area contributed by atoms with Crippen molar-refractivity contribution in [2.75, 3.05) is 13.2 Å². The highest BCUT2D eigenvalue weighted by Crippen LogP contribution is 2.32. The van der Waals surface area contributed by atoms with Crippen molar-refractivity contribution in [2.45, 2.75) is 44.8 Å². The van der Waals surface area contributed by atoms with Crippen LogP contribution >= 0.6 is 11.6 Å². The summed E-state index contributed by atoms with van der Waals surface area (Å²) in [6, 6.07) is 8.13. The molecule has 0 radical (unpaired) electrons. The summed E-state index contributed by atoms with van der Waals surface area (Å²) < 4.78 is 11.9. The van der Waals surface area contributed by atoms with Gasteiger partial charge in [0, 0.05) is 12.0 Å². The van der Waals surface area contributed by atoms with E-state index in [1.807, 2.05) is 18.2 Å². The van der Waals surface area contributed by atoms with E-state index in [-0.39, 0.29) is 6.04 Å². The Labute approximate surface area is 130 Å². The normalized spacial score (nSPS) is 20.8. The van der Waals surface area contributed by atoms with Crippen LogP contribution in [0.15, 0.2) is 28.7 Å². The summed E-state index contributed by atoms with van der Waals surface area (Å²) in [6.45, 7) is 3.90. The molecule has 0 spiro atoms. The van der Waals surface area contributed by atoms with E-state index < -0.39 is 0 Å². The van der Waals surface area contributed by atoms with Gasteiger partial charge in [-0.1, -0.05) is 30.7 Å². The lowest BCUT2D eigenvalue weighted by molar-refractivity contribution is 0.00392. The minimum absolute atomic E-state index is 0.182. The number of halogens is 1. The maximum atomic E-state index is 6.21. The maximum absolute atomic E-state index is 6.21. The number of furan rings is 1. The Bertz CT molecular complexity index is 589. The van der Waals surface area contributed by atoms with Crippen molar-refractivity contribution in [3.8, 4) is 0 Å². The highest BCUT2D eigenvalue weighted by molar-refractivity contribution is 6.34. The van der Waals surface area contributed by atoms with Gasteiger partial charge in [0.2, 0.25) is 0 Å². The first-order valence-electron chi connectivity index (χ1n) is 7.81. The standard InChI is InChI=1S/C17H22ClNO2/c1-2-19-15(11-13-7-3-4-9-20-13)16-10-12-6-5-8-14(18)17(12)21-16/h5-6,8,10,13,15,19H,2-4,7,9,11H2,1H3. The number of para-hydroxylation sites is 1. The zero-order valence-corrected chi connectivity index (χ0v) is 13.2. The fourth-order valence-corrected chi connectivity index (χ4v) is 3.24. The van der Waals surface area contributed by atoms with Gasteiger partial charge in [-0.2, -0.15) is 0 Å².